The lowest BCUT2D eigenvalue weighted by Crippen LogP contribution is -2.25. The van der Waals surface area contributed by atoms with Crippen molar-refractivity contribution >= 4 is 0 Å². The fraction of sp³-hybridized carbons (Fsp3) is 0.647. The lowest BCUT2D eigenvalue weighted by atomic mass is 10.2. The van der Waals surface area contributed by atoms with E-state index < -0.39 is 0 Å². The zero-order valence-electron chi connectivity index (χ0n) is 12.5. The zero-order chi connectivity index (χ0) is 13.9. The molecule has 0 saturated carbocycles. The lowest BCUT2D eigenvalue weighted by molar-refractivity contribution is 0.280. The first-order valence-corrected chi connectivity index (χ1v) is 7.67. The third kappa shape index (κ3) is 7.99. The molecule has 0 radical (unpaired) electrons. The van der Waals surface area contributed by atoms with Gasteiger partial charge in [-0.25, -0.2) is 4.39 Å². The Hall–Kier alpha value is -0.890. The molecular formula is C17H28FN. The average Bonchev–Trinajstić information content (AvgIpc) is 2.69. The highest BCUT2D eigenvalue weighted by molar-refractivity contribution is 5.13. The monoisotopic (exact) mass is 265 g/mol. The van der Waals surface area contributed by atoms with Gasteiger partial charge in [0.05, 0.1) is 0 Å². The van der Waals surface area contributed by atoms with E-state index in [9.17, 15) is 4.39 Å². The molecule has 19 heavy (non-hydrogen) atoms. The van der Waals surface area contributed by atoms with Gasteiger partial charge in [-0.3, -0.25) is 0 Å². The molecule has 0 spiro atoms. The molecule has 0 unspecified atom stereocenters. The summed E-state index contributed by atoms with van der Waals surface area (Å²) in [6.45, 7) is 8.27. The lowest BCUT2D eigenvalue weighted by Gasteiger charge is -2.18. The van der Waals surface area contributed by atoms with Crippen LogP contribution in [-0.4, -0.2) is 24.5 Å². The Bertz CT molecular complexity index is 292. The topological polar surface area (TPSA) is 3.24 Å². The summed E-state index contributed by atoms with van der Waals surface area (Å²) in [5, 5.41) is 0. The molecule has 1 fully saturated rings. The molecule has 2 heteroatoms. The Morgan fingerprint density at radius 2 is 1.58 bits per heavy atom. The van der Waals surface area contributed by atoms with Gasteiger partial charge in [-0.1, -0.05) is 43.9 Å². The molecule has 0 aromatic heterocycles. The van der Waals surface area contributed by atoms with Crippen molar-refractivity contribution in [1.29, 1.82) is 0 Å². The number of benzene rings is 1. The van der Waals surface area contributed by atoms with Crippen LogP contribution in [0.3, 0.4) is 0 Å². The van der Waals surface area contributed by atoms with Crippen LogP contribution in [0.4, 0.5) is 4.39 Å². The molecule has 0 N–H and O–H groups in total. The number of hydrogen-bond donors (Lipinski definition) is 0. The molecule has 108 valence electrons. The van der Waals surface area contributed by atoms with Gasteiger partial charge in [-0.05, 0) is 58.0 Å². The van der Waals surface area contributed by atoms with Crippen molar-refractivity contribution in [1.82, 2.24) is 4.90 Å². The van der Waals surface area contributed by atoms with E-state index >= 15 is 0 Å². The van der Waals surface area contributed by atoms with Crippen molar-refractivity contribution in [3.8, 4) is 0 Å². The number of nitrogens with zero attached hydrogens (tertiary/aromatic N) is 1. The second-order valence-corrected chi connectivity index (χ2v) is 5.40. The minimum absolute atomic E-state index is 0.171. The predicted octanol–water partition coefficient (Wildman–Crippen LogP) is 4.80. The van der Waals surface area contributed by atoms with E-state index in [2.05, 4.69) is 11.8 Å². The third-order valence-electron chi connectivity index (χ3n) is 3.54. The largest absolute Gasteiger partial charge is 0.303 e. The molecule has 1 nitrogen and oxygen atoms in total. The SMILES string of the molecule is CCCCN1CCCCCC1.Cc1ccc(F)cc1. The molecule has 0 amide bonds. The Labute approximate surface area is 117 Å². The second-order valence-electron chi connectivity index (χ2n) is 5.40. The van der Waals surface area contributed by atoms with Gasteiger partial charge in [0.15, 0.2) is 0 Å². The molecule has 1 aliphatic heterocycles. The van der Waals surface area contributed by atoms with Crippen LogP contribution in [0.1, 0.15) is 51.0 Å². The Morgan fingerprint density at radius 1 is 1.00 bits per heavy atom. The molecule has 2 rings (SSSR count). The molecule has 0 bridgehead atoms. The summed E-state index contributed by atoms with van der Waals surface area (Å²) in [5.74, 6) is -0.171. The van der Waals surface area contributed by atoms with Crippen LogP contribution in [0.15, 0.2) is 24.3 Å². The molecule has 1 saturated heterocycles. The van der Waals surface area contributed by atoms with Crippen molar-refractivity contribution in [2.45, 2.75) is 52.4 Å². The van der Waals surface area contributed by atoms with E-state index in [1.54, 1.807) is 12.1 Å². The third-order valence-corrected chi connectivity index (χ3v) is 3.54. The van der Waals surface area contributed by atoms with E-state index in [0.29, 0.717) is 0 Å². The molecule has 0 aliphatic carbocycles. The molecular weight excluding hydrogens is 237 g/mol. The number of likely N-dealkylation sites (tertiary alicyclic amines) is 1. The smallest absolute Gasteiger partial charge is 0.123 e. The summed E-state index contributed by atoms with van der Waals surface area (Å²) in [6, 6.07) is 6.40. The van der Waals surface area contributed by atoms with Gasteiger partial charge in [0.25, 0.3) is 0 Å². The van der Waals surface area contributed by atoms with Gasteiger partial charge >= 0.3 is 0 Å². The number of halogens is 1. The van der Waals surface area contributed by atoms with E-state index in [1.165, 1.54) is 70.3 Å². The number of hydrogen-bond acceptors (Lipinski definition) is 1. The maximum Gasteiger partial charge on any atom is 0.123 e. The van der Waals surface area contributed by atoms with Crippen LogP contribution < -0.4 is 0 Å². The summed E-state index contributed by atoms with van der Waals surface area (Å²) >= 11 is 0. The first kappa shape index (κ1) is 16.2. The molecule has 1 aliphatic rings. The highest BCUT2D eigenvalue weighted by Crippen LogP contribution is 2.09. The second kappa shape index (κ2) is 9.96. The highest BCUT2D eigenvalue weighted by atomic mass is 19.1. The Kier molecular flexibility index (Phi) is 8.48. The van der Waals surface area contributed by atoms with Crippen LogP contribution in [0.5, 0.6) is 0 Å². The Morgan fingerprint density at radius 3 is 2.05 bits per heavy atom. The van der Waals surface area contributed by atoms with Gasteiger partial charge in [0.2, 0.25) is 0 Å². The van der Waals surface area contributed by atoms with Crippen LogP contribution in [0.25, 0.3) is 0 Å². The fourth-order valence-electron chi connectivity index (χ4n) is 2.27. The van der Waals surface area contributed by atoms with Crippen LogP contribution in [0, 0.1) is 12.7 Å². The van der Waals surface area contributed by atoms with Crippen molar-refractivity contribution in [3.63, 3.8) is 0 Å². The maximum atomic E-state index is 12.1. The van der Waals surface area contributed by atoms with Crippen molar-refractivity contribution < 1.29 is 4.39 Å². The first-order valence-electron chi connectivity index (χ1n) is 7.67. The van der Waals surface area contributed by atoms with Gasteiger partial charge in [0.1, 0.15) is 5.82 Å². The van der Waals surface area contributed by atoms with Gasteiger partial charge in [-0.15, -0.1) is 0 Å². The number of unbranched alkanes of at least 4 members (excludes halogenated alkanes) is 1. The van der Waals surface area contributed by atoms with E-state index in [-0.39, 0.29) is 5.82 Å². The van der Waals surface area contributed by atoms with Crippen LogP contribution in [0.2, 0.25) is 0 Å². The van der Waals surface area contributed by atoms with Gasteiger partial charge in [-0.2, -0.15) is 0 Å². The molecule has 1 aromatic carbocycles. The normalized spacial score (nSPS) is 16.4. The van der Waals surface area contributed by atoms with E-state index in [1.807, 2.05) is 6.92 Å². The predicted molar refractivity (Wildman–Crippen MR) is 81.0 cm³/mol. The van der Waals surface area contributed by atoms with Crippen molar-refractivity contribution in [2.75, 3.05) is 19.6 Å². The molecule has 1 heterocycles. The van der Waals surface area contributed by atoms with Gasteiger partial charge in [0, 0.05) is 0 Å². The average molecular weight is 265 g/mol. The summed E-state index contributed by atoms with van der Waals surface area (Å²) in [7, 11) is 0. The number of rotatable bonds is 3. The van der Waals surface area contributed by atoms with Crippen LogP contribution in [-0.2, 0) is 0 Å². The van der Waals surface area contributed by atoms with E-state index in [0.717, 1.165) is 5.56 Å². The fourth-order valence-corrected chi connectivity index (χ4v) is 2.27. The summed E-state index contributed by atoms with van der Waals surface area (Å²) in [4.78, 5) is 2.64. The highest BCUT2D eigenvalue weighted by Gasteiger charge is 2.06. The Balaban J connectivity index is 0.000000200. The van der Waals surface area contributed by atoms with Gasteiger partial charge < -0.3 is 4.90 Å². The van der Waals surface area contributed by atoms with Crippen molar-refractivity contribution in [2.24, 2.45) is 0 Å². The number of aryl methyl sites for hydroxylation is 1. The van der Waals surface area contributed by atoms with Crippen LogP contribution >= 0.6 is 0 Å². The zero-order valence-corrected chi connectivity index (χ0v) is 12.5. The summed E-state index contributed by atoms with van der Waals surface area (Å²) < 4.78 is 12.1. The maximum absolute atomic E-state index is 12.1. The minimum Gasteiger partial charge on any atom is -0.303 e. The summed E-state index contributed by atoms with van der Waals surface area (Å²) in [6.07, 6.45) is 8.52. The van der Waals surface area contributed by atoms with E-state index in [4.69, 9.17) is 0 Å². The molecule has 1 aromatic rings. The molecule has 0 atom stereocenters. The van der Waals surface area contributed by atoms with Crippen molar-refractivity contribution in [3.05, 3.63) is 35.6 Å². The standard InChI is InChI=1S/C10H21N.C7H7F/c1-2-3-8-11-9-6-4-5-7-10-11;1-6-2-4-7(8)5-3-6/h2-10H2,1H3;2-5H,1H3. The quantitative estimate of drug-likeness (QED) is 0.759. The summed E-state index contributed by atoms with van der Waals surface area (Å²) in [5.41, 5.74) is 1.09. The first-order chi connectivity index (χ1) is 9.22. The minimum atomic E-state index is -0.171.